The van der Waals surface area contributed by atoms with Crippen LogP contribution in [0.15, 0.2) is 26.8 Å². The predicted molar refractivity (Wildman–Crippen MR) is 72.0 cm³/mol. The summed E-state index contributed by atoms with van der Waals surface area (Å²) in [7, 11) is 0. The van der Waals surface area contributed by atoms with E-state index in [0.29, 0.717) is 23.6 Å². The second-order valence-corrected chi connectivity index (χ2v) is 5.10. The highest BCUT2D eigenvalue weighted by atomic mass is 32.1. The van der Waals surface area contributed by atoms with Crippen molar-refractivity contribution < 1.29 is 4.52 Å². The monoisotopic (exact) mass is 276 g/mol. The lowest BCUT2D eigenvalue weighted by molar-refractivity contribution is 0.369. The van der Waals surface area contributed by atoms with E-state index >= 15 is 0 Å². The van der Waals surface area contributed by atoms with Crippen LogP contribution in [0.25, 0.3) is 10.2 Å². The molecule has 7 heteroatoms. The number of hydrogen-bond donors (Lipinski definition) is 2. The van der Waals surface area contributed by atoms with Crippen molar-refractivity contribution in [2.75, 3.05) is 0 Å². The SMILES string of the molecule is Cc1cc(CNCc2nc3ccsc3c(=O)[nH]2)on1. The fraction of sp³-hybridized carbons (Fsp3) is 0.250. The Morgan fingerprint density at radius 1 is 1.47 bits per heavy atom. The second-order valence-electron chi connectivity index (χ2n) is 4.19. The average Bonchev–Trinajstić information content (AvgIpc) is 2.98. The highest BCUT2D eigenvalue weighted by Gasteiger charge is 2.05. The third-order valence-electron chi connectivity index (χ3n) is 2.63. The molecule has 98 valence electrons. The van der Waals surface area contributed by atoms with Crippen molar-refractivity contribution >= 4 is 21.6 Å². The van der Waals surface area contributed by atoms with Crippen LogP contribution in [-0.2, 0) is 13.1 Å². The summed E-state index contributed by atoms with van der Waals surface area (Å²) in [6.07, 6.45) is 0. The first-order chi connectivity index (χ1) is 9.22. The molecular weight excluding hydrogens is 264 g/mol. The molecule has 0 radical (unpaired) electrons. The third-order valence-corrected chi connectivity index (χ3v) is 3.53. The Morgan fingerprint density at radius 2 is 2.37 bits per heavy atom. The van der Waals surface area contributed by atoms with Crippen molar-refractivity contribution in [1.82, 2.24) is 20.4 Å². The van der Waals surface area contributed by atoms with E-state index in [1.807, 2.05) is 24.4 Å². The van der Waals surface area contributed by atoms with Crippen molar-refractivity contribution in [3.8, 4) is 0 Å². The molecule has 3 rings (SSSR count). The molecule has 0 aliphatic carbocycles. The molecule has 0 amide bonds. The number of rotatable bonds is 4. The van der Waals surface area contributed by atoms with E-state index in [9.17, 15) is 4.79 Å². The molecule has 6 nitrogen and oxygen atoms in total. The molecule has 0 unspecified atom stereocenters. The molecule has 2 N–H and O–H groups in total. The molecular formula is C12H12N4O2S. The van der Waals surface area contributed by atoms with Crippen LogP contribution in [0, 0.1) is 6.92 Å². The smallest absolute Gasteiger partial charge is 0.268 e. The average molecular weight is 276 g/mol. The van der Waals surface area contributed by atoms with Crippen LogP contribution in [0.5, 0.6) is 0 Å². The normalized spacial score (nSPS) is 11.2. The first-order valence-corrected chi connectivity index (χ1v) is 6.69. The van der Waals surface area contributed by atoms with Gasteiger partial charge >= 0.3 is 0 Å². The van der Waals surface area contributed by atoms with E-state index in [2.05, 4.69) is 20.4 Å². The van der Waals surface area contributed by atoms with Gasteiger partial charge in [0.15, 0.2) is 5.76 Å². The Morgan fingerprint density at radius 3 is 3.16 bits per heavy atom. The molecule has 0 atom stereocenters. The van der Waals surface area contributed by atoms with E-state index < -0.39 is 0 Å². The molecule has 0 aliphatic heterocycles. The van der Waals surface area contributed by atoms with Crippen molar-refractivity contribution in [2.24, 2.45) is 0 Å². The largest absolute Gasteiger partial charge is 0.360 e. The Labute approximate surface area is 112 Å². The van der Waals surface area contributed by atoms with Crippen molar-refractivity contribution in [1.29, 1.82) is 0 Å². The molecule has 0 saturated heterocycles. The predicted octanol–water partition coefficient (Wildman–Crippen LogP) is 1.57. The van der Waals surface area contributed by atoms with Crippen LogP contribution < -0.4 is 10.9 Å². The zero-order valence-corrected chi connectivity index (χ0v) is 11.1. The lowest BCUT2D eigenvalue weighted by atomic mass is 10.4. The van der Waals surface area contributed by atoms with Crippen LogP contribution in [0.1, 0.15) is 17.3 Å². The molecule has 0 aromatic carbocycles. The van der Waals surface area contributed by atoms with E-state index in [0.717, 1.165) is 17.0 Å². The Bertz CT molecular complexity index is 758. The number of thiophene rings is 1. The van der Waals surface area contributed by atoms with Gasteiger partial charge in [0, 0.05) is 6.07 Å². The summed E-state index contributed by atoms with van der Waals surface area (Å²) in [5.41, 5.74) is 1.50. The van der Waals surface area contributed by atoms with Crippen LogP contribution in [-0.4, -0.2) is 15.1 Å². The van der Waals surface area contributed by atoms with Gasteiger partial charge < -0.3 is 14.8 Å². The van der Waals surface area contributed by atoms with E-state index in [1.165, 1.54) is 11.3 Å². The van der Waals surface area contributed by atoms with Crippen LogP contribution in [0.2, 0.25) is 0 Å². The first-order valence-electron chi connectivity index (χ1n) is 5.82. The van der Waals surface area contributed by atoms with Gasteiger partial charge in [-0.3, -0.25) is 4.79 Å². The lowest BCUT2D eigenvalue weighted by Crippen LogP contribution is -2.18. The maximum atomic E-state index is 11.8. The molecule has 19 heavy (non-hydrogen) atoms. The minimum atomic E-state index is -0.0905. The summed E-state index contributed by atoms with van der Waals surface area (Å²) in [6, 6.07) is 3.71. The van der Waals surface area contributed by atoms with Crippen LogP contribution in [0.4, 0.5) is 0 Å². The van der Waals surface area contributed by atoms with Crippen LogP contribution >= 0.6 is 11.3 Å². The van der Waals surface area contributed by atoms with Gasteiger partial charge in [-0.2, -0.15) is 0 Å². The zero-order chi connectivity index (χ0) is 13.2. The molecule has 0 saturated carbocycles. The number of H-pyrrole nitrogens is 1. The summed E-state index contributed by atoms with van der Waals surface area (Å²) in [5, 5.41) is 8.82. The maximum absolute atomic E-state index is 11.8. The minimum Gasteiger partial charge on any atom is -0.360 e. The van der Waals surface area contributed by atoms with Gasteiger partial charge in [-0.05, 0) is 18.4 Å². The summed E-state index contributed by atoms with van der Waals surface area (Å²) in [6.45, 7) is 2.89. The van der Waals surface area contributed by atoms with Crippen molar-refractivity contribution in [3.63, 3.8) is 0 Å². The highest BCUT2D eigenvalue weighted by molar-refractivity contribution is 7.17. The quantitative estimate of drug-likeness (QED) is 0.755. The van der Waals surface area contributed by atoms with Gasteiger partial charge in [-0.1, -0.05) is 5.16 Å². The molecule has 0 spiro atoms. The van der Waals surface area contributed by atoms with E-state index in [-0.39, 0.29) is 5.56 Å². The molecule has 0 fully saturated rings. The number of aromatic amines is 1. The number of nitrogens with zero attached hydrogens (tertiary/aromatic N) is 2. The molecule has 3 heterocycles. The second kappa shape index (κ2) is 4.94. The van der Waals surface area contributed by atoms with Gasteiger partial charge in [-0.25, -0.2) is 4.98 Å². The molecule has 3 aromatic rings. The number of aromatic nitrogens is 3. The standard InChI is InChI=1S/C12H12N4O2S/c1-7-4-8(18-16-7)5-13-6-10-14-9-2-3-19-11(9)12(17)15-10/h2-4,13H,5-6H2,1H3,(H,14,15,17). The topological polar surface area (TPSA) is 83.8 Å². The Hall–Kier alpha value is -1.99. The third kappa shape index (κ3) is 2.56. The van der Waals surface area contributed by atoms with E-state index in [1.54, 1.807) is 0 Å². The molecule has 0 bridgehead atoms. The van der Waals surface area contributed by atoms with Crippen molar-refractivity contribution in [2.45, 2.75) is 20.0 Å². The summed E-state index contributed by atoms with van der Waals surface area (Å²) in [4.78, 5) is 18.9. The zero-order valence-electron chi connectivity index (χ0n) is 10.3. The Balaban J connectivity index is 1.69. The fourth-order valence-electron chi connectivity index (χ4n) is 1.81. The molecule has 3 aromatic heterocycles. The minimum absolute atomic E-state index is 0.0905. The number of fused-ring (bicyclic) bond motifs is 1. The number of aryl methyl sites for hydroxylation is 1. The van der Waals surface area contributed by atoms with Crippen LogP contribution in [0.3, 0.4) is 0 Å². The van der Waals surface area contributed by atoms with Gasteiger partial charge in [0.25, 0.3) is 5.56 Å². The van der Waals surface area contributed by atoms with Gasteiger partial charge in [0.1, 0.15) is 10.5 Å². The number of nitrogens with one attached hydrogen (secondary N) is 2. The van der Waals surface area contributed by atoms with E-state index in [4.69, 9.17) is 4.52 Å². The maximum Gasteiger partial charge on any atom is 0.268 e. The number of hydrogen-bond acceptors (Lipinski definition) is 6. The fourth-order valence-corrected chi connectivity index (χ4v) is 2.53. The Kier molecular flexibility index (Phi) is 3.14. The summed E-state index contributed by atoms with van der Waals surface area (Å²) >= 11 is 1.40. The van der Waals surface area contributed by atoms with Crippen molar-refractivity contribution in [3.05, 3.63) is 45.1 Å². The summed E-state index contributed by atoms with van der Waals surface area (Å²) < 4.78 is 5.74. The summed E-state index contributed by atoms with van der Waals surface area (Å²) in [5.74, 6) is 1.38. The highest BCUT2D eigenvalue weighted by Crippen LogP contribution is 2.13. The lowest BCUT2D eigenvalue weighted by Gasteiger charge is -2.01. The van der Waals surface area contributed by atoms with Gasteiger partial charge in [0.2, 0.25) is 0 Å². The van der Waals surface area contributed by atoms with Gasteiger partial charge in [0.05, 0.1) is 24.3 Å². The van der Waals surface area contributed by atoms with Gasteiger partial charge in [-0.15, -0.1) is 11.3 Å². The first kappa shape index (κ1) is 12.1. The molecule has 0 aliphatic rings.